The Balaban J connectivity index is 2.08. The molecule has 1 saturated carbocycles. The van der Waals surface area contributed by atoms with Gasteiger partial charge in [-0.15, -0.1) is 11.8 Å². The van der Waals surface area contributed by atoms with Gasteiger partial charge in [-0.2, -0.15) is 0 Å². The number of rotatable bonds is 4. The predicted molar refractivity (Wildman–Crippen MR) is 90.8 cm³/mol. The van der Waals surface area contributed by atoms with Crippen LogP contribution in [-0.4, -0.2) is 10.8 Å². The number of halogens is 1. The van der Waals surface area contributed by atoms with E-state index in [1.165, 1.54) is 42.6 Å². The van der Waals surface area contributed by atoms with Gasteiger partial charge in [0, 0.05) is 27.3 Å². The standard InChI is InChI=1S/C17H26ClNS/c1-17(2,3)19-12-14-15(18)10-7-11-16(14)20-13-8-5-4-6-9-13/h7,10-11,13,19H,4-6,8-9,12H2,1-3H3. The molecule has 0 aliphatic heterocycles. The topological polar surface area (TPSA) is 12.0 Å². The van der Waals surface area contributed by atoms with Crippen LogP contribution in [0.4, 0.5) is 0 Å². The zero-order valence-electron chi connectivity index (χ0n) is 12.8. The Labute approximate surface area is 132 Å². The summed E-state index contributed by atoms with van der Waals surface area (Å²) in [5.74, 6) is 0. The molecule has 1 nitrogen and oxygen atoms in total. The Bertz CT molecular complexity index is 433. The van der Waals surface area contributed by atoms with Crippen LogP contribution in [0.2, 0.25) is 5.02 Å². The summed E-state index contributed by atoms with van der Waals surface area (Å²) in [7, 11) is 0. The first kappa shape index (κ1) is 16.2. The molecule has 2 rings (SSSR count). The van der Waals surface area contributed by atoms with Gasteiger partial charge in [-0.05, 0) is 51.3 Å². The summed E-state index contributed by atoms with van der Waals surface area (Å²) in [6.45, 7) is 7.42. The minimum absolute atomic E-state index is 0.117. The molecule has 1 aromatic rings. The van der Waals surface area contributed by atoms with E-state index in [1.54, 1.807) is 0 Å². The van der Waals surface area contributed by atoms with E-state index in [1.807, 2.05) is 17.8 Å². The van der Waals surface area contributed by atoms with Gasteiger partial charge in [-0.3, -0.25) is 0 Å². The van der Waals surface area contributed by atoms with Crippen molar-refractivity contribution < 1.29 is 0 Å². The molecule has 0 radical (unpaired) electrons. The summed E-state index contributed by atoms with van der Waals surface area (Å²) >= 11 is 8.45. The Morgan fingerprint density at radius 1 is 1.20 bits per heavy atom. The third-order valence-corrected chi connectivity index (χ3v) is 5.51. The quantitative estimate of drug-likeness (QED) is 0.770. The second-order valence-electron chi connectivity index (χ2n) is 6.70. The average molecular weight is 312 g/mol. The van der Waals surface area contributed by atoms with E-state index in [0.717, 1.165) is 16.8 Å². The van der Waals surface area contributed by atoms with E-state index >= 15 is 0 Å². The first-order chi connectivity index (χ1) is 9.46. The van der Waals surface area contributed by atoms with Gasteiger partial charge in [0.2, 0.25) is 0 Å². The van der Waals surface area contributed by atoms with Gasteiger partial charge in [0.1, 0.15) is 0 Å². The van der Waals surface area contributed by atoms with Crippen molar-refractivity contribution in [3.63, 3.8) is 0 Å². The van der Waals surface area contributed by atoms with Crippen molar-refractivity contribution in [2.75, 3.05) is 0 Å². The normalized spacial score (nSPS) is 17.4. The highest BCUT2D eigenvalue weighted by molar-refractivity contribution is 8.00. The SMILES string of the molecule is CC(C)(C)NCc1c(Cl)cccc1SC1CCCCC1. The lowest BCUT2D eigenvalue weighted by Crippen LogP contribution is -2.35. The largest absolute Gasteiger partial charge is 0.308 e. The summed E-state index contributed by atoms with van der Waals surface area (Å²) < 4.78 is 0. The third kappa shape index (κ3) is 4.98. The summed E-state index contributed by atoms with van der Waals surface area (Å²) in [6, 6.07) is 6.31. The van der Waals surface area contributed by atoms with Gasteiger partial charge in [0.25, 0.3) is 0 Å². The Hall–Kier alpha value is -0.180. The minimum atomic E-state index is 0.117. The fourth-order valence-electron chi connectivity index (χ4n) is 2.54. The van der Waals surface area contributed by atoms with Crippen molar-refractivity contribution in [3.8, 4) is 0 Å². The van der Waals surface area contributed by atoms with Crippen LogP contribution >= 0.6 is 23.4 Å². The van der Waals surface area contributed by atoms with Gasteiger partial charge in [0.15, 0.2) is 0 Å². The molecular weight excluding hydrogens is 286 g/mol. The van der Waals surface area contributed by atoms with Crippen LogP contribution in [0.25, 0.3) is 0 Å². The van der Waals surface area contributed by atoms with Gasteiger partial charge in [0.05, 0.1) is 0 Å². The number of nitrogens with one attached hydrogen (secondary N) is 1. The fraction of sp³-hybridized carbons (Fsp3) is 0.647. The molecule has 0 atom stereocenters. The Morgan fingerprint density at radius 3 is 2.55 bits per heavy atom. The lowest BCUT2D eigenvalue weighted by molar-refractivity contribution is 0.422. The molecule has 1 aliphatic rings. The molecule has 1 aliphatic carbocycles. The van der Waals surface area contributed by atoms with Crippen LogP contribution in [0.1, 0.15) is 58.4 Å². The molecule has 0 amide bonds. The molecule has 20 heavy (non-hydrogen) atoms. The maximum Gasteiger partial charge on any atom is 0.0462 e. The molecule has 0 aromatic heterocycles. The molecule has 1 fully saturated rings. The van der Waals surface area contributed by atoms with Crippen molar-refractivity contribution in [1.29, 1.82) is 0 Å². The fourth-order valence-corrected chi connectivity index (χ4v) is 4.24. The second-order valence-corrected chi connectivity index (χ2v) is 8.45. The Morgan fingerprint density at radius 2 is 1.90 bits per heavy atom. The summed E-state index contributed by atoms with van der Waals surface area (Å²) in [6.07, 6.45) is 6.87. The average Bonchev–Trinajstić information content (AvgIpc) is 2.38. The molecule has 0 spiro atoms. The van der Waals surface area contributed by atoms with E-state index in [9.17, 15) is 0 Å². The van der Waals surface area contributed by atoms with Crippen LogP contribution in [0.5, 0.6) is 0 Å². The van der Waals surface area contributed by atoms with E-state index in [2.05, 4.69) is 38.2 Å². The molecule has 3 heteroatoms. The van der Waals surface area contributed by atoms with Gasteiger partial charge >= 0.3 is 0 Å². The van der Waals surface area contributed by atoms with Crippen LogP contribution in [0.15, 0.2) is 23.1 Å². The Kier molecular flexibility index (Phi) is 5.83. The maximum atomic E-state index is 6.42. The van der Waals surface area contributed by atoms with Gasteiger partial charge in [-0.1, -0.05) is 36.9 Å². The van der Waals surface area contributed by atoms with Crippen molar-refractivity contribution in [2.24, 2.45) is 0 Å². The first-order valence-corrected chi connectivity index (χ1v) is 8.90. The summed E-state index contributed by atoms with van der Waals surface area (Å²) in [4.78, 5) is 1.36. The van der Waals surface area contributed by atoms with Crippen molar-refractivity contribution in [2.45, 2.75) is 75.1 Å². The van der Waals surface area contributed by atoms with Crippen LogP contribution in [0.3, 0.4) is 0 Å². The number of thioether (sulfide) groups is 1. The van der Waals surface area contributed by atoms with E-state index in [4.69, 9.17) is 11.6 Å². The third-order valence-electron chi connectivity index (χ3n) is 3.72. The van der Waals surface area contributed by atoms with E-state index < -0.39 is 0 Å². The molecule has 0 saturated heterocycles. The van der Waals surface area contributed by atoms with Crippen molar-refractivity contribution in [3.05, 3.63) is 28.8 Å². The molecule has 0 bridgehead atoms. The number of hydrogen-bond acceptors (Lipinski definition) is 2. The molecule has 1 aromatic carbocycles. The van der Waals surface area contributed by atoms with E-state index in [0.29, 0.717) is 0 Å². The molecule has 0 unspecified atom stereocenters. The summed E-state index contributed by atoms with van der Waals surface area (Å²) in [5, 5.41) is 5.22. The molecular formula is C17H26ClNS. The monoisotopic (exact) mass is 311 g/mol. The van der Waals surface area contributed by atoms with E-state index in [-0.39, 0.29) is 5.54 Å². The number of hydrogen-bond donors (Lipinski definition) is 1. The minimum Gasteiger partial charge on any atom is -0.308 e. The lowest BCUT2D eigenvalue weighted by atomic mass is 10.0. The smallest absolute Gasteiger partial charge is 0.0462 e. The zero-order valence-corrected chi connectivity index (χ0v) is 14.4. The maximum absolute atomic E-state index is 6.42. The van der Waals surface area contributed by atoms with Crippen LogP contribution < -0.4 is 5.32 Å². The summed E-state index contributed by atoms with van der Waals surface area (Å²) in [5.41, 5.74) is 1.38. The molecule has 0 heterocycles. The van der Waals surface area contributed by atoms with Crippen molar-refractivity contribution >= 4 is 23.4 Å². The van der Waals surface area contributed by atoms with Crippen molar-refractivity contribution in [1.82, 2.24) is 5.32 Å². The highest BCUT2D eigenvalue weighted by Gasteiger charge is 2.18. The van der Waals surface area contributed by atoms with Gasteiger partial charge < -0.3 is 5.32 Å². The highest BCUT2D eigenvalue weighted by Crippen LogP contribution is 2.37. The molecule has 112 valence electrons. The van der Waals surface area contributed by atoms with Gasteiger partial charge in [-0.25, -0.2) is 0 Å². The first-order valence-electron chi connectivity index (χ1n) is 7.65. The van der Waals surface area contributed by atoms with Crippen LogP contribution in [-0.2, 0) is 6.54 Å². The lowest BCUT2D eigenvalue weighted by Gasteiger charge is -2.25. The van der Waals surface area contributed by atoms with Crippen LogP contribution in [0, 0.1) is 0 Å². The molecule has 1 N–H and O–H groups in total. The predicted octanol–water partition coefficient (Wildman–Crippen LogP) is 5.65. The number of benzene rings is 1. The highest BCUT2D eigenvalue weighted by atomic mass is 35.5. The zero-order chi connectivity index (χ0) is 14.6. The second kappa shape index (κ2) is 7.20.